The molecule has 0 heterocycles. The molecule has 0 aliphatic rings. The van der Waals surface area contributed by atoms with Crippen molar-refractivity contribution in [1.29, 1.82) is 0 Å². The highest BCUT2D eigenvalue weighted by Crippen LogP contribution is 2.26. The molecular weight excluding hydrogens is 359 g/mol. The van der Waals surface area contributed by atoms with Crippen LogP contribution < -0.4 is 10.6 Å². The normalized spacial score (nSPS) is 10.3. The third-order valence-corrected chi connectivity index (χ3v) is 3.66. The van der Waals surface area contributed by atoms with E-state index >= 15 is 0 Å². The summed E-state index contributed by atoms with van der Waals surface area (Å²) in [6, 6.07) is 9.12. The van der Waals surface area contributed by atoms with Gasteiger partial charge in [0, 0.05) is 21.7 Å². The second kappa shape index (κ2) is 6.91. The van der Waals surface area contributed by atoms with Crippen LogP contribution in [-0.4, -0.2) is 12.5 Å². The van der Waals surface area contributed by atoms with Crippen LogP contribution in [0.2, 0.25) is 5.02 Å². The van der Waals surface area contributed by atoms with E-state index < -0.39 is 0 Å². The topological polar surface area (TPSA) is 41.1 Å². The van der Waals surface area contributed by atoms with Crippen LogP contribution in [0.4, 0.5) is 15.8 Å². The second-order valence-electron chi connectivity index (χ2n) is 4.30. The summed E-state index contributed by atoms with van der Waals surface area (Å²) < 4.78 is 13.5. The van der Waals surface area contributed by atoms with E-state index in [1.54, 1.807) is 18.2 Å². The Morgan fingerprint density at radius 2 is 1.95 bits per heavy atom. The zero-order valence-electron chi connectivity index (χ0n) is 11.2. The Morgan fingerprint density at radius 3 is 2.62 bits per heavy atom. The van der Waals surface area contributed by atoms with E-state index in [1.165, 1.54) is 18.2 Å². The molecule has 0 aliphatic carbocycles. The van der Waals surface area contributed by atoms with Crippen LogP contribution in [0.15, 0.2) is 40.9 Å². The Balaban J connectivity index is 2.29. The van der Waals surface area contributed by atoms with Gasteiger partial charge in [-0.05, 0) is 59.3 Å². The number of hydrogen-bond donors (Lipinski definition) is 2. The van der Waals surface area contributed by atoms with E-state index in [9.17, 15) is 9.18 Å². The lowest BCUT2D eigenvalue weighted by Crippen LogP contribution is -2.15. The minimum Gasteiger partial charge on any atom is -0.385 e. The lowest BCUT2D eigenvalue weighted by molar-refractivity contribution is 0.102. The Hall–Kier alpha value is -1.59. The fraction of sp³-hybridized carbons (Fsp3) is 0.133. The highest BCUT2D eigenvalue weighted by Gasteiger charge is 2.13. The third kappa shape index (κ3) is 3.95. The maximum absolute atomic E-state index is 13.1. The molecule has 0 aromatic heterocycles. The highest BCUT2D eigenvalue weighted by molar-refractivity contribution is 9.10. The zero-order chi connectivity index (χ0) is 15.4. The van der Waals surface area contributed by atoms with Crippen molar-refractivity contribution in [3.8, 4) is 0 Å². The first-order valence-electron chi connectivity index (χ1n) is 6.31. The van der Waals surface area contributed by atoms with Gasteiger partial charge in [-0.3, -0.25) is 4.79 Å². The van der Waals surface area contributed by atoms with Crippen LogP contribution in [0.5, 0.6) is 0 Å². The fourth-order valence-electron chi connectivity index (χ4n) is 1.83. The van der Waals surface area contributed by atoms with Gasteiger partial charge in [-0.25, -0.2) is 4.39 Å². The van der Waals surface area contributed by atoms with Gasteiger partial charge in [-0.15, -0.1) is 0 Å². The lowest BCUT2D eigenvalue weighted by Gasteiger charge is -2.12. The summed E-state index contributed by atoms with van der Waals surface area (Å²) in [4.78, 5) is 12.4. The molecular formula is C15H13BrClFN2O. The van der Waals surface area contributed by atoms with Crippen molar-refractivity contribution in [1.82, 2.24) is 0 Å². The van der Waals surface area contributed by atoms with Crippen LogP contribution in [0.1, 0.15) is 17.3 Å². The minimum absolute atomic E-state index is 0.319. The Kier molecular flexibility index (Phi) is 5.20. The van der Waals surface area contributed by atoms with Gasteiger partial charge >= 0.3 is 0 Å². The molecule has 110 valence electrons. The van der Waals surface area contributed by atoms with Gasteiger partial charge in [-0.1, -0.05) is 11.6 Å². The number of amides is 1. The maximum Gasteiger partial charge on any atom is 0.257 e. The van der Waals surface area contributed by atoms with Crippen molar-refractivity contribution in [3.05, 3.63) is 57.3 Å². The average Bonchev–Trinajstić information content (AvgIpc) is 2.44. The number of halogens is 3. The minimum atomic E-state index is -0.379. The predicted octanol–water partition coefficient (Wildman–Crippen LogP) is 4.93. The van der Waals surface area contributed by atoms with Crippen LogP contribution in [0.25, 0.3) is 0 Å². The highest BCUT2D eigenvalue weighted by atomic mass is 79.9. The molecule has 0 unspecified atom stereocenters. The van der Waals surface area contributed by atoms with Crippen molar-refractivity contribution >= 4 is 44.8 Å². The largest absolute Gasteiger partial charge is 0.385 e. The Bertz CT molecular complexity index is 679. The summed E-state index contributed by atoms with van der Waals surface area (Å²) >= 11 is 9.16. The van der Waals surface area contributed by atoms with Crippen molar-refractivity contribution in [2.45, 2.75) is 6.92 Å². The molecule has 0 radical (unpaired) electrons. The van der Waals surface area contributed by atoms with Crippen molar-refractivity contribution in [3.63, 3.8) is 0 Å². The number of hydrogen-bond acceptors (Lipinski definition) is 2. The van der Waals surface area contributed by atoms with Gasteiger partial charge < -0.3 is 10.6 Å². The zero-order valence-corrected chi connectivity index (χ0v) is 13.6. The van der Waals surface area contributed by atoms with E-state index in [4.69, 9.17) is 11.6 Å². The number of nitrogens with one attached hydrogen (secondary N) is 2. The number of benzene rings is 2. The Morgan fingerprint density at radius 1 is 1.24 bits per heavy atom. The monoisotopic (exact) mass is 370 g/mol. The number of rotatable bonds is 4. The van der Waals surface area contributed by atoms with Gasteiger partial charge in [0.05, 0.1) is 11.3 Å². The van der Waals surface area contributed by atoms with Gasteiger partial charge in [0.25, 0.3) is 5.91 Å². The summed E-state index contributed by atoms with van der Waals surface area (Å²) in [5.41, 5.74) is 1.61. The van der Waals surface area contributed by atoms with Crippen LogP contribution in [0, 0.1) is 5.82 Å². The van der Waals surface area contributed by atoms with Gasteiger partial charge in [0.15, 0.2) is 0 Å². The smallest absolute Gasteiger partial charge is 0.257 e. The van der Waals surface area contributed by atoms with Gasteiger partial charge in [0.2, 0.25) is 0 Å². The van der Waals surface area contributed by atoms with E-state index in [-0.39, 0.29) is 11.7 Å². The predicted molar refractivity (Wildman–Crippen MR) is 87.7 cm³/mol. The standard InChI is InChI=1S/C15H13BrClFN2O/c1-2-19-13-5-3-9(17)7-11(13)15(21)20-14-6-4-10(18)8-12(14)16/h3-8,19H,2H2,1H3,(H,20,21). The summed E-state index contributed by atoms with van der Waals surface area (Å²) in [5.74, 6) is -0.697. The average molecular weight is 372 g/mol. The molecule has 1 amide bonds. The van der Waals surface area contributed by atoms with Crippen LogP contribution in [-0.2, 0) is 0 Å². The summed E-state index contributed by atoms with van der Waals surface area (Å²) in [6.07, 6.45) is 0. The molecule has 0 saturated heterocycles. The van der Waals surface area contributed by atoms with Crippen LogP contribution >= 0.6 is 27.5 Å². The number of carbonyl (C=O) groups excluding carboxylic acids is 1. The van der Waals surface area contributed by atoms with Gasteiger partial charge in [0.1, 0.15) is 5.82 Å². The first-order chi connectivity index (χ1) is 10.0. The summed E-state index contributed by atoms with van der Waals surface area (Å²) in [6.45, 7) is 2.62. The van der Waals surface area contributed by atoms with E-state index in [0.717, 1.165) is 0 Å². The molecule has 2 N–H and O–H groups in total. The third-order valence-electron chi connectivity index (χ3n) is 2.77. The van der Waals surface area contributed by atoms with Crippen molar-refractivity contribution in [2.75, 3.05) is 17.2 Å². The molecule has 0 bridgehead atoms. The van der Waals surface area contributed by atoms with E-state index in [2.05, 4.69) is 26.6 Å². The fourth-order valence-corrected chi connectivity index (χ4v) is 2.45. The molecule has 2 aromatic carbocycles. The number of carbonyl (C=O) groups is 1. The molecule has 3 nitrogen and oxygen atoms in total. The van der Waals surface area contributed by atoms with E-state index in [1.807, 2.05) is 6.92 Å². The first-order valence-corrected chi connectivity index (χ1v) is 7.48. The maximum atomic E-state index is 13.1. The molecule has 0 fully saturated rings. The molecule has 21 heavy (non-hydrogen) atoms. The van der Waals surface area contributed by atoms with Crippen LogP contribution in [0.3, 0.4) is 0 Å². The van der Waals surface area contributed by atoms with Crippen molar-refractivity contribution < 1.29 is 9.18 Å². The van der Waals surface area contributed by atoms with E-state index in [0.29, 0.717) is 33.0 Å². The molecule has 6 heteroatoms. The molecule has 0 spiro atoms. The molecule has 0 aliphatic heterocycles. The van der Waals surface area contributed by atoms with Gasteiger partial charge in [-0.2, -0.15) is 0 Å². The number of anilines is 2. The van der Waals surface area contributed by atoms with Crippen molar-refractivity contribution in [2.24, 2.45) is 0 Å². The molecule has 2 aromatic rings. The SMILES string of the molecule is CCNc1ccc(Cl)cc1C(=O)Nc1ccc(F)cc1Br. The molecule has 0 atom stereocenters. The summed E-state index contributed by atoms with van der Waals surface area (Å²) in [7, 11) is 0. The molecule has 2 rings (SSSR count). The quantitative estimate of drug-likeness (QED) is 0.800. The molecule has 0 saturated carbocycles. The second-order valence-corrected chi connectivity index (χ2v) is 5.59. The first kappa shape index (κ1) is 15.8. The Labute approximate surface area is 135 Å². The summed E-state index contributed by atoms with van der Waals surface area (Å²) in [5, 5.41) is 6.30. The lowest BCUT2D eigenvalue weighted by atomic mass is 10.1.